The second-order valence-corrected chi connectivity index (χ2v) is 9.61. The molecule has 0 spiro atoms. The summed E-state index contributed by atoms with van der Waals surface area (Å²) in [4.78, 5) is 36.0. The summed E-state index contributed by atoms with van der Waals surface area (Å²) in [5, 5.41) is 7.93. The van der Waals surface area contributed by atoms with Gasteiger partial charge in [0.1, 0.15) is 5.56 Å². The highest BCUT2D eigenvalue weighted by Crippen LogP contribution is 2.33. The lowest BCUT2D eigenvalue weighted by Crippen LogP contribution is -2.46. The van der Waals surface area contributed by atoms with Crippen LogP contribution in [0.5, 0.6) is 0 Å². The average Bonchev–Trinajstić information content (AvgIpc) is 3.21. The lowest BCUT2D eigenvalue weighted by molar-refractivity contribution is -0.139. The zero-order valence-electron chi connectivity index (χ0n) is 20.4. The Kier molecular flexibility index (Phi) is 7.83. The Balaban J connectivity index is 1.27. The Hall–Kier alpha value is -3.39. The number of piperidine rings is 1. The Bertz CT molecular complexity index is 1180. The first kappa shape index (κ1) is 27.6. The number of aromatic amines is 1. The van der Waals surface area contributed by atoms with E-state index in [1.165, 1.54) is 0 Å². The lowest BCUT2D eigenvalue weighted by atomic mass is 9.98. The number of rotatable bonds is 7. The molecular formula is C23H27F6N7O2. The van der Waals surface area contributed by atoms with Crippen LogP contribution in [0.4, 0.5) is 38.0 Å². The normalized spacial score (nSPS) is 20.2. The molecule has 0 aliphatic carbocycles. The van der Waals surface area contributed by atoms with Crippen LogP contribution in [0.2, 0.25) is 0 Å². The van der Waals surface area contributed by atoms with E-state index in [4.69, 9.17) is 0 Å². The van der Waals surface area contributed by atoms with E-state index in [1.807, 2.05) is 4.90 Å². The van der Waals surface area contributed by atoms with Crippen LogP contribution in [0.1, 0.15) is 50.2 Å². The Morgan fingerprint density at radius 2 is 1.66 bits per heavy atom. The number of nitrogens with one attached hydrogen (secondary N) is 2. The van der Waals surface area contributed by atoms with E-state index in [1.54, 1.807) is 16.9 Å². The van der Waals surface area contributed by atoms with Crippen LogP contribution in [0.3, 0.4) is 0 Å². The first-order valence-corrected chi connectivity index (χ1v) is 12.2. The summed E-state index contributed by atoms with van der Waals surface area (Å²) in [5.74, 6) is -0.0435. The monoisotopic (exact) mass is 547 g/mol. The Labute approximate surface area is 213 Å². The number of carbonyl (C=O) groups is 1. The molecule has 2 aromatic rings. The SMILES string of the molecule is C[C@H](CC[C@H]1CCN(C2CCN(c3ncc(C(F)(F)F)cn3)CC2)C1=O)Nc1cn[nH]c(=O)c1C(F)(F)F. The summed E-state index contributed by atoms with van der Waals surface area (Å²) in [6.45, 7) is 3.25. The smallest absolute Gasteiger partial charge is 0.381 e. The van der Waals surface area contributed by atoms with E-state index in [9.17, 15) is 35.9 Å². The minimum Gasteiger partial charge on any atom is -0.381 e. The number of amides is 1. The minimum atomic E-state index is -4.84. The molecule has 0 aromatic carbocycles. The molecule has 9 nitrogen and oxygen atoms in total. The van der Waals surface area contributed by atoms with E-state index in [-0.39, 0.29) is 23.8 Å². The number of hydrogen-bond donors (Lipinski definition) is 2. The van der Waals surface area contributed by atoms with Crippen molar-refractivity contribution in [3.63, 3.8) is 0 Å². The maximum atomic E-state index is 13.3. The van der Waals surface area contributed by atoms with Crippen LogP contribution >= 0.6 is 0 Å². The molecule has 38 heavy (non-hydrogen) atoms. The molecule has 0 bridgehead atoms. The fourth-order valence-corrected chi connectivity index (χ4v) is 4.98. The fourth-order valence-electron chi connectivity index (χ4n) is 4.98. The molecule has 4 rings (SSSR count). The number of alkyl halides is 6. The molecule has 2 aliphatic rings. The molecule has 2 atom stereocenters. The van der Waals surface area contributed by atoms with Gasteiger partial charge in [-0.1, -0.05) is 0 Å². The number of aromatic nitrogens is 4. The summed E-state index contributed by atoms with van der Waals surface area (Å²) in [7, 11) is 0. The van der Waals surface area contributed by atoms with Gasteiger partial charge >= 0.3 is 12.4 Å². The second kappa shape index (κ2) is 10.8. The number of anilines is 2. The van der Waals surface area contributed by atoms with Gasteiger partial charge in [-0.2, -0.15) is 31.4 Å². The van der Waals surface area contributed by atoms with Crippen LogP contribution in [0, 0.1) is 5.92 Å². The van der Waals surface area contributed by atoms with Crippen molar-refractivity contribution in [1.82, 2.24) is 25.1 Å². The highest BCUT2D eigenvalue weighted by atomic mass is 19.4. The van der Waals surface area contributed by atoms with Crippen molar-refractivity contribution in [2.45, 2.75) is 63.5 Å². The Morgan fingerprint density at radius 3 is 2.26 bits per heavy atom. The number of hydrogen-bond acceptors (Lipinski definition) is 7. The van der Waals surface area contributed by atoms with Gasteiger partial charge in [-0.3, -0.25) is 9.59 Å². The maximum absolute atomic E-state index is 13.3. The molecule has 2 aromatic heterocycles. The van der Waals surface area contributed by atoms with Crippen LogP contribution in [0.25, 0.3) is 0 Å². The predicted octanol–water partition coefficient (Wildman–Crippen LogP) is 3.70. The quantitative estimate of drug-likeness (QED) is 0.509. The lowest BCUT2D eigenvalue weighted by Gasteiger charge is -2.37. The van der Waals surface area contributed by atoms with E-state index in [0.29, 0.717) is 51.7 Å². The zero-order valence-corrected chi connectivity index (χ0v) is 20.4. The third kappa shape index (κ3) is 6.18. The second-order valence-electron chi connectivity index (χ2n) is 9.61. The van der Waals surface area contributed by atoms with Crippen molar-refractivity contribution >= 4 is 17.5 Å². The van der Waals surface area contributed by atoms with Gasteiger partial charge in [0.05, 0.1) is 17.4 Å². The molecule has 2 N–H and O–H groups in total. The van der Waals surface area contributed by atoms with E-state index in [2.05, 4.69) is 20.4 Å². The van der Waals surface area contributed by atoms with Crippen LogP contribution in [-0.4, -0.2) is 62.7 Å². The molecule has 4 heterocycles. The maximum Gasteiger partial charge on any atom is 0.423 e. The van der Waals surface area contributed by atoms with Crippen LogP contribution < -0.4 is 15.8 Å². The van der Waals surface area contributed by atoms with E-state index in [0.717, 1.165) is 18.6 Å². The van der Waals surface area contributed by atoms with Gasteiger partial charge in [-0.15, -0.1) is 0 Å². The molecule has 0 unspecified atom stereocenters. The third-order valence-corrected chi connectivity index (χ3v) is 6.99. The molecule has 208 valence electrons. The van der Waals surface area contributed by atoms with Crippen molar-refractivity contribution in [3.8, 4) is 0 Å². The van der Waals surface area contributed by atoms with E-state index < -0.39 is 40.8 Å². The largest absolute Gasteiger partial charge is 0.423 e. The standard InChI is InChI=1S/C23H27F6N7O2/c1-13(33-17-12-32-34-19(37)18(17)23(27,28)29)2-3-14-4-9-36(20(14)38)16-5-7-35(8-6-16)21-30-10-15(11-31-21)22(24,25)26/h10-14,16H,2-9H2,1H3,(H2,33,34,37)/t13-,14+/m1/s1. The van der Waals surface area contributed by atoms with E-state index >= 15 is 0 Å². The van der Waals surface area contributed by atoms with Gasteiger partial charge in [0, 0.05) is 50.0 Å². The zero-order chi connectivity index (χ0) is 27.7. The number of carbonyl (C=O) groups excluding carboxylic acids is 1. The summed E-state index contributed by atoms with van der Waals surface area (Å²) in [6.07, 6.45) is -4.14. The van der Waals surface area contributed by atoms with Crippen molar-refractivity contribution in [1.29, 1.82) is 0 Å². The molecule has 2 fully saturated rings. The first-order chi connectivity index (χ1) is 17.8. The molecule has 2 aliphatic heterocycles. The predicted molar refractivity (Wildman–Crippen MR) is 124 cm³/mol. The molecular weight excluding hydrogens is 520 g/mol. The van der Waals surface area contributed by atoms with Gasteiger partial charge < -0.3 is 15.1 Å². The van der Waals surface area contributed by atoms with Crippen molar-refractivity contribution < 1.29 is 31.1 Å². The van der Waals surface area contributed by atoms with Crippen molar-refractivity contribution in [2.75, 3.05) is 29.9 Å². The summed E-state index contributed by atoms with van der Waals surface area (Å²) < 4.78 is 78.0. The van der Waals surface area contributed by atoms with Gasteiger partial charge in [0.2, 0.25) is 11.9 Å². The minimum absolute atomic E-state index is 0.00441. The Morgan fingerprint density at radius 1 is 1.00 bits per heavy atom. The fraction of sp³-hybridized carbons (Fsp3) is 0.609. The number of likely N-dealkylation sites (tertiary alicyclic amines) is 1. The first-order valence-electron chi connectivity index (χ1n) is 12.2. The molecule has 0 radical (unpaired) electrons. The summed E-state index contributed by atoms with van der Waals surface area (Å²) >= 11 is 0. The van der Waals surface area contributed by atoms with Crippen LogP contribution in [-0.2, 0) is 17.1 Å². The highest BCUT2D eigenvalue weighted by Gasteiger charge is 2.39. The number of halogens is 6. The molecule has 0 saturated carbocycles. The number of nitrogens with zero attached hydrogens (tertiary/aromatic N) is 5. The number of H-pyrrole nitrogens is 1. The topological polar surface area (TPSA) is 107 Å². The highest BCUT2D eigenvalue weighted by molar-refractivity contribution is 5.81. The van der Waals surface area contributed by atoms with Crippen molar-refractivity contribution in [2.24, 2.45) is 5.92 Å². The molecule has 15 heteroatoms. The van der Waals surface area contributed by atoms with Gasteiger partial charge in [0.15, 0.2) is 0 Å². The summed E-state index contributed by atoms with van der Waals surface area (Å²) in [6, 6.07) is -0.446. The summed E-state index contributed by atoms with van der Waals surface area (Å²) in [5.41, 5.74) is -3.98. The van der Waals surface area contributed by atoms with Gasteiger partial charge in [-0.25, -0.2) is 15.1 Å². The molecule has 1 amide bonds. The third-order valence-electron chi connectivity index (χ3n) is 6.99. The van der Waals surface area contributed by atoms with Crippen LogP contribution in [0.15, 0.2) is 23.4 Å². The average molecular weight is 548 g/mol. The molecule has 2 saturated heterocycles. The van der Waals surface area contributed by atoms with Gasteiger partial charge in [0.25, 0.3) is 5.56 Å². The van der Waals surface area contributed by atoms with Crippen molar-refractivity contribution in [3.05, 3.63) is 40.1 Å². The van der Waals surface area contributed by atoms with Gasteiger partial charge in [-0.05, 0) is 39.0 Å².